The molecule has 2 unspecified atom stereocenters. The quantitative estimate of drug-likeness (QED) is 0.753. The molecule has 0 saturated carbocycles. The maximum atomic E-state index is 12.4. The highest BCUT2D eigenvalue weighted by Crippen LogP contribution is 2.25. The van der Waals surface area contributed by atoms with E-state index in [1.807, 2.05) is 6.92 Å². The van der Waals surface area contributed by atoms with Crippen LogP contribution in [0.1, 0.15) is 46.5 Å². The Kier molecular flexibility index (Phi) is 5.79. The molecule has 1 saturated heterocycles. The predicted molar refractivity (Wildman–Crippen MR) is 75.8 cm³/mol. The Labute approximate surface area is 116 Å². The number of nitrogens with zero attached hydrogens (tertiary/aromatic N) is 1. The number of amides is 2. The molecule has 110 valence electrons. The van der Waals surface area contributed by atoms with Crippen molar-refractivity contribution in [2.75, 3.05) is 20.1 Å². The van der Waals surface area contributed by atoms with Gasteiger partial charge in [0.15, 0.2) is 0 Å². The van der Waals surface area contributed by atoms with E-state index in [-0.39, 0.29) is 11.8 Å². The van der Waals surface area contributed by atoms with Crippen molar-refractivity contribution in [3.8, 4) is 0 Å². The molecule has 0 radical (unpaired) electrons. The van der Waals surface area contributed by atoms with Gasteiger partial charge in [0.1, 0.15) is 6.04 Å². The van der Waals surface area contributed by atoms with Crippen LogP contribution in [0.25, 0.3) is 0 Å². The molecule has 0 bridgehead atoms. The summed E-state index contributed by atoms with van der Waals surface area (Å²) in [6.45, 7) is 7.28. The molecule has 1 heterocycles. The number of carbonyl (C=O) groups is 2. The number of hydrogen-bond acceptors (Lipinski definition) is 3. The first-order valence-corrected chi connectivity index (χ1v) is 7.27. The monoisotopic (exact) mass is 269 g/mol. The van der Waals surface area contributed by atoms with Gasteiger partial charge in [0, 0.05) is 13.6 Å². The minimum atomic E-state index is -0.464. The molecule has 1 fully saturated rings. The zero-order valence-corrected chi connectivity index (χ0v) is 12.6. The highest BCUT2D eigenvalue weighted by Gasteiger charge is 2.40. The Morgan fingerprint density at radius 2 is 2.11 bits per heavy atom. The Bertz CT molecular complexity index is 325. The summed E-state index contributed by atoms with van der Waals surface area (Å²) in [4.78, 5) is 26.0. The van der Waals surface area contributed by atoms with Crippen LogP contribution in [0.2, 0.25) is 0 Å². The van der Waals surface area contributed by atoms with Crippen molar-refractivity contribution < 1.29 is 9.59 Å². The van der Waals surface area contributed by atoms with Crippen LogP contribution in [0.3, 0.4) is 0 Å². The van der Waals surface area contributed by atoms with Crippen LogP contribution in [-0.4, -0.2) is 48.4 Å². The van der Waals surface area contributed by atoms with Gasteiger partial charge in [0.2, 0.25) is 11.8 Å². The first kappa shape index (κ1) is 16.0. The van der Waals surface area contributed by atoms with Crippen molar-refractivity contribution in [1.29, 1.82) is 0 Å². The fourth-order valence-corrected chi connectivity index (χ4v) is 2.64. The minimum absolute atomic E-state index is 0.0304. The maximum Gasteiger partial charge on any atom is 0.244 e. The Morgan fingerprint density at radius 1 is 1.42 bits per heavy atom. The summed E-state index contributed by atoms with van der Waals surface area (Å²) in [5.41, 5.74) is -0.464. The normalized spacial score (nSPS) is 24.0. The molecule has 2 N–H and O–H groups in total. The van der Waals surface area contributed by atoms with Crippen molar-refractivity contribution in [3.63, 3.8) is 0 Å². The molecule has 2 amide bonds. The van der Waals surface area contributed by atoms with E-state index in [1.165, 1.54) is 0 Å². The second-order valence-corrected chi connectivity index (χ2v) is 5.41. The van der Waals surface area contributed by atoms with E-state index in [1.54, 1.807) is 18.9 Å². The summed E-state index contributed by atoms with van der Waals surface area (Å²) < 4.78 is 0. The Hall–Kier alpha value is -1.10. The average Bonchev–Trinajstić information content (AvgIpc) is 2.87. The third kappa shape index (κ3) is 3.69. The standard InChI is InChI=1S/C14H27N3O2/c1-5-8-14(9-7-10-15-14)13(19)16-11(3)12(18)17(4)6-2/h11,15H,5-10H2,1-4H3,(H,16,19). The predicted octanol–water partition coefficient (Wildman–Crippen LogP) is 0.892. The zero-order valence-electron chi connectivity index (χ0n) is 12.6. The fourth-order valence-electron chi connectivity index (χ4n) is 2.64. The van der Waals surface area contributed by atoms with Crippen LogP contribution in [0.5, 0.6) is 0 Å². The van der Waals surface area contributed by atoms with Gasteiger partial charge in [0.05, 0.1) is 5.54 Å². The molecular weight excluding hydrogens is 242 g/mol. The number of rotatable bonds is 6. The first-order chi connectivity index (χ1) is 8.96. The van der Waals surface area contributed by atoms with Gasteiger partial charge in [-0.3, -0.25) is 9.59 Å². The molecule has 1 aliphatic rings. The van der Waals surface area contributed by atoms with Gasteiger partial charge in [-0.2, -0.15) is 0 Å². The lowest BCUT2D eigenvalue weighted by molar-refractivity contribution is -0.136. The van der Waals surface area contributed by atoms with Crippen LogP contribution in [-0.2, 0) is 9.59 Å². The molecule has 0 aromatic carbocycles. The summed E-state index contributed by atoms with van der Waals surface area (Å²) in [5, 5.41) is 6.19. The van der Waals surface area contributed by atoms with Crippen LogP contribution >= 0.6 is 0 Å². The van der Waals surface area contributed by atoms with E-state index in [0.717, 1.165) is 32.2 Å². The summed E-state index contributed by atoms with van der Waals surface area (Å²) in [6, 6.07) is -0.464. The second-order valence-electron chi connectivity index (χ2n) is 5.41. The molecule has 1 aliphatic heterocycles. The molecule has 0 spiro atoms. The summed E-state index contributed by atoms with van der Waals surface area (Å²) in [6.07, 6.45) is 3.66. The highest BCUT2D eigenvalue weighted by molar-refractivity contribution is 5.92. The largest absolute Gasteiger partial charge is 0.344 e. The van der Waals surface area contributed by atoms with Gasteiger partial charge in [0.25, 0.3) is 0 Å². The topological polar surface area (TPSA) is 61.4 Å². The smallest absolute Gasteiger partial charge is 0.244 e. The molecule has 5 heteroatoms. The van der Waals surface area contributed by atoms with E-state index in [4.69, 9.17) is 0 Å². The van der Waals surface area contributed by atoms with Gasteiger partial charge in [-0.05, 0) is 39.7 Å². The lowest BCUT2D eigenvalue weighted by Gasteiger charge is -2.30. The summed E-state index contributed by atoms with van der Waals surface area (Å²) >= 11 is 0. The van der Waals surface area contributed by atoms with E-state index >= 15 is 0 Å². The second kappa shape index (κ2) is 6.89. The maximum absolute atomic E-state index is 12.4. The van der Waals surface area contributed by atoms with Gasteiger partial charge in [-0.15, -0.1) is 0 Å². The molecule has 0 aromatic heterocycles. The molecule has 19 heavy (non-hydrogen) atoms. The van der Waals surface area contributed by atoms with E-state index in [0.29, 0.717) is 6.54 Å². The third-order valence-electron chi connectivity index (χ3n) is 3.92. The first-order valence-electron chi connectivity index (χ1n) is 7.27. The fraction of sp³-hybridized carbons (Fsp3) is 0.857. The van der Waals surface area contributed by atoms with Crippen LogP contribution < -0.4 is 10.6 Å². The number of carbonyl (C=O) groups excluding carboxylic acids is 2. The number of likely N-dealkylation sites (N-methyl/N-ethyl adjacent to an activating group) is 1. The lowest BCUT2D eigenvalue weighted by atomic mass is 9.90. The summed E-state index contributed by atoms with van der Waals surface area (Å²) in [7, 11) is 1.75. The van der Waals surface area contributed by atoms with Crippen molar-refractivity contribution in [2.24, 2.45) is 0 Å². The van der Waals surface area contributed by atoms with Crippen LogP contribution in [0.15, 0.2) is 0 Å². The SMILES string of the molecule is CCCC1(C(=O)NC(C)C(=O)N(C)CC)CCCN1. The minimum Gasteiger partial charge on any atom is -0.344 e. The number of hydrogen-bond donors (Lipinski definition) is 2. The van der Waals surface area contributed by atoms with Gasteiger partial charge >= 0.3 is 0 Å². The van der Waals surface area contributed by atoms with Crippen LogP contribution in [0.4, 0.5) is 0 Å². The highest BCUT2D eigenvalue weighted by atomic mass is 16.2. The third-order valence-corrected chi connectivity index (χ3v) is 3.92. The van der Waals surface area contributed by atoms with E-state index < -0.39 is 11.6 Å². The molecule has 2 atom stereocenters. The number of nitrogens with one attached hydrogen (secondary N) is 2. The molecule has 0 aromatic rings. The van der Waals surface area contributed by atoms with Gasteiger partial charge < -0.3 is 15.5 Å². The summed E-state index contributed by atoms with van der Waals surface area (Å²) in [5.74, 6) is -0.0716. The Morgan fingerprint density at radius 3 is 2.58 bits per heavy atom. The lowest BCUT2D eigenvalue weighted by Crippen LogP contribution is -2.57. The van der Waals surface area contributed by atoms with E-state index in [2.05, 4.69) is 17.6 Å². The van der Waals surface area contributed by atoms with Crippen molar-refractivity contribution in [2.45, 2.75) is 58.0 Å². The van der Waals surface area contributed by atoms with Gasteiger partial charge in [-0.25, -0.2) is 0 Å². The van der Waals surface area contributed by atoms with Crippen molar-refractivity contribution in [3.05, 3.63) is 0 Å². The van der Waals surface area contributed by atoms with Crippen LogP contribution in [0, 0.1) is 0 Å². The Balaban J connectivity index is 2.64. The van der Waals surface area contributed by atoms with Crippen molar-refractivity contribution in [1.82, 2.24) is 15.5 Å². The molecule has 5 nitrogen and oxygen atoms in total. The molecular formula is C14H27N3O2. The van der Waals surface area contributed by atoms with Crippen molar-refractivity contribution >= 4 is 11.8 Å². The van der Waals surface area contributed by atoms with E-state index in [9.17, 15) is 9.59 Å². The molecule has 1 rings (SSSR count). The van der Waals surface area contributed by atoms with Gasteiger partial charge in [-0.1, -0.05) is 13.3 Å². The average molecular weight is 269 g/mol. The molecule has 0 aliphatic carbocycles. The zero-order chi connectivity index (χ0) is 14.5.